The van der Waals surface area contributed by atoms with Crippen LogP contribution < -0.4 is 0 Å². The molecule has 0 bridgehead atoms. The van der Waals surface area contributed by atoms with Gasteiger partial charge in [-0.15, -0.1) is 0 Å². The molecule has 0 aliphatic carbocycles. The molecule has 0 saturated carbocycles. The molecule has 0 N–H and O–H groups in total. The maximum atomic E-state index is 11.5. The molecule has 0 aromatic carbocycles. The van der Waals surface area contributed by atoms with Crippen LogP contribution in [-0.4, -0.2) is 13.0 Å². The van der Waals surface area contributed by atoms with Crippen LogP contribution in [0.5, 0.6) is 0 Å². The fourth-order valence-electron chi connectivity index (χ4n) is 0.0273. The lowest BCUT2D eigenvalue weighted by Gasteiger charge is -2.06. The Labute approximate surface area is 42.5 Å². The fourth-order valence-corrected chi connectivity index (χ4v) is 0.0273. The van der Waals surface area contributed by atoms with Crippen LogP contribution in [0, 0.1) is 5.41 Å². The van der Waals surface area contributed by atoms with Gasteiger partial charge >= 0.3 is 0 Å². The number of alkyl halides is 1. The molecule has 0 amide bonds. The topological polar surface area (TPSA) is 17.1 Å². The Hall–Kier alpha value is -0.400. The van der Waals surface area contributed by atoms with Crippen molar-refractivity contribution in [1.29, 1.82) is 0 Å². The van der Waals surface area contributed by atoms with Crippen LogP contribution >= 0.6 is 0 Å². The normalized spacial score (nSPS) is 11.3. The van der Waals surface area contributed by atoms with Gasteiger partial charge in [0.15, 0.2) is 0 Å². The molecule has 0 spiro atoms. The van der Waals surface area contributed by atoms with Gasteiger partial charge in [0.2, 0.25) is 6.29 Å². The number of hydrogen-bond acceptors (Lipinski definition) is 1. The largest absolute Gasteiger partial charge is 0.290 e. The molecule has 7 heavy (non-hydrogen) atoms. The van der Waals surface area contributed by atoms with Gasteiger partial charge in [-0.05, 0) is 13.8 Å². The second kappa shape index (κ2) is 2.05. The lowest BCUT2D eigenvalue weighted by atomic mass is 9.99. The molecule has 2 heteroatoms. The highest BCUT2D eigenvalue weighted by molar-refractivity contribution is 5.58. The highest BCUT2D eigenvalue weighted by atomic mass is 19.1. The van der Waals surface area contributed by atoms with Crippen molar-refractivity contribution >= 4 is 6.29 Å². The van der Waals surface area contributed by atoms with Gasteiger partial charge in [-0.25, -0.2) is 0 Å². The average Bonchev–Trinajstić information content (AvgIpc) is 1.68. The quantitative estimate of drug-likeness (QED) is 0.511. The summed E-state index contributed by atoms with van der Waals surface area (Å²) < 4.78 is 11.5. The van der Waals surface area contributed by atoms with Crippen LogP contribution in [0.2, 0.25) is 0 Å². The third-order valence-electron chi connectivity index (χ3n) is 0.610. The summed E-state index contributed by atoms with van der Waals surface area (Å²) in [5.41, 5.74) is -0.889. The first-order chi connectivity index (χ1) is 3.12. The summed E-state index contributed by atoms with van der Waals surface area (Å²) in [7, 11) is 0. The summed E-state index contributed by atoms with van der Waals surface area (Å²) in [5, 5.41) is 0. The third kappa shape index (κ3) is 2.31. The summed E-state index contributed by atoms with van der Waals surface area (Å²) in [5.74, 6) is 0. The predicted octanol–water partition coefficient (Wildman–Crippen LogP) is 1.09. The van der Waals surface area contributed by atoms with E-state index < -0.39 is 12.1 Å². The van der Waals surface area contributed by atoms with E-state index in [1.807, 2.05) is 0 Å². The van der Waals surface area contributed by atoms with Crippen LogP contribution in [0.15, 0.2) is 0 Å². The molecule has 0 rings (SSSR count). The zero-order chi connectivity index (χ0) is 5.91. The Bertz CT molecular complexity index is 68.5. The van der Waals surface area contributed by atoms with E-state index in [2.05, 4.69) is 0 Å². The monoisotopic (exact) mass is 103 g/mol. The maximum absolute atomic E-state index is 11.5. The van der Waals surface area contributed by atoms with E-state index >= 15 is 0 Å². The zero-order valence-electron chi connectivity index (χ0n) is 4.49. The summed E-state index contributed by atoms with van der Waals surface area (Å²) >= 11 is 0. The first kappa shape index (κ1) is 6.60. The molecule has 0 heterocycles. The molecule has 0 atom stereocenters. The van der Waals surface area contributed by atoms with E-state index in [1.54, 1.807) is 6.29 Å². The van der Waals surface area contributed by atoms with Crippen LogP contribution in [0.4, 0.5) is 4.39 Å². The Morgan fingerprint density at radius 1 is 1.71 bits per heavy atom. The molecule has 0 aromatic rings. The zero-order valence-corrected chi connectivity index (χ0v) is 4.49. The molecule has 1 nitrogen and oxygen atoms in total. The molecular weight excluding hydrogens is 95.1 g/mol. The smallest absolute Gasteiger partial charge is 0.207 e. The molecule has 0 unspecified atom stereocenters. The van der Waals surface area contributed by atoms with Gasteiger partial charge in [-0.2, -0.15) is 0 Å². The first-order valence-electron chi connectivity index (χ1n) is 2.07. The lowest BCUT2D eigenvalue weighted by Crippen LogP contribution is -2.14. The van der Waals surface area contributed by atoms with Crippen LogP contribution in [0.1, 0.15) is 13.8 Å². The average molecular weight is 103 g/mol. The molecule has 0 saturated heterocycles. The van der Waals surface area contributed by atoms with Gasteiger partial charge in [0.05, 0.1) is 5.41 Å². The fraction of sp³-hybridized carbons (Fsp3) is 0.800. The van der Waals surface area contributed by atoms with E-state index in [1.165, 1.54) is 13.8 Å². The van der Waals surface area contributed by atoms with Gasteiger partial charge < -0.3 is 0 Å². The molecule has 0 aliphatic heterocycles. The van der Waals surface area contributed by atoms with E-state index in [0.717, 1.165) is 0 Å². The van der Waals surface area contributed by atoms with E-state index in [4.69, 9.17) is 0 Å². The molecule has 41 valence electrons. The van der Waals surface area contributed by atoms with Crippen molar-refractivity contribution in [3.63, 3.8) is 0 Å². The van der Waals surface area contributed by atoms with Crippen LogP contribution in [0.25, 0.3) is 0 Å². The minimum atomic E-state index is -0.889. The van der Waals surface area contributed by atoms with E-state index in [-0.39, 0.29) is 0 Å². The van der Waals surface area contributed by atoms with Crippen molar-refractivity contribution in [3.8, 4) is 0 Å². The third-order valence-corrected chi connectivity index (χ3v) is 0.610. The van der Waals surface area contributed by atoms with Gasteiger partial charge in [0, 0.05) is 0 Å². The van der Waals surface area contributed by atoms with Crippen molar-refractivity contribution < 1.29 is 9.18 Å². The Morgan fingerprint density at radius 3 is 2.14 bits per heavy atom. The molecular formula is C5H8FO. The van der Waals surface area contributed by atoms with Gasteiger partial charge in [-0.1, -0.05) is 0 Å². The van der Waals surface area contributed by atoms with Crippen molar-refractivity contribution in [3.05, 3.63) is 0 Å². The van der Waals surface area contributed by atoms with Gasteiger partial charge in [0.25, 0.3) is 0 Å². The highest BCUT2D eigenvalue weighted by Crippen LogP contribution is 2.09. The van der Waals surface area contributed by atoms with Crippen molar-refractivity contribution in [1.82, 2.24) is 0 Å². The van der Waals surface area contributed by atoms with E-state index in [9.17, 15) is 9.18 Å². The van der Waals surface area contributed by atoms with Gasteiger partial charge in [-0.3, -0.25) is 9.18 Å². The second-order valence-electron chi connectivity index (χ2n) is 2.12. The summed E-state index contributed by atoms with van der Waals surface area (Å²) in [4.78, 5) is 9.69. The van der Waals surface area contributed by atoms with Crippen molar-refractivity contribution in [2.24, 2.45) is 5.41 Å². The predicted molar refractivity (Wildman–Crippen MR) is 25.4 cm³/mol. The second-order valence-corrected chi connectivity index (χ2v) is 2.12. The minimum Gasteiger partial charge on any atom is -0.290 e. The van der Waals surface area contributed by atoms with Crippen molar-refractivity contribution in [2.45, 2.75) is 13.8 Å². The summed E-state index contributed by atoms with van der Waals surface area (Å²) in [6, 6.07) is 0. The van der Waals surface area contributed by atoms with Crippen molar-refractivity contribution in [2.75, 3.05) is 6.67 Å². The first-order valence-corrected chi connectivity index (χ1v) is 2.07. The van der Waals surface area contributed by atoms with Gasteiger partial charge in [0.1, 0.15) is 6.67 Å². The lowest BCUT2D eigenvalue weighted by molar-refractivity contribution is 0.330. The summed E-state index contributed by atoms with van der Waals surface area (Å²) in [6.07, 6.45) is 1.57. The highest BCUT2D eigenvalue weighted by Gasteiger charge is 2.16. The molecule has 0 fully saturated rings. The number of halogens is 1. The van der Waals surface area contributed by atoms with E-state index in [0.29, 0.717) is 0 Å². The Morgan fingerprint density at radius 2 is 2.14 bits per heavy atom. The Kier molecular flexibility index (Phi) is 1.93. The number of carbonyl (C=O) groups excluding carboxylic acids is 1. The summed E-state index contributed by atoms with van der Waals surface area (Å²) in [6.45, 7) is 2.37. The van der Waals surface area contributed by atoms with Crippen LogP contribution in [-0.2, 0) is 4.79 Å². The number of hydrogen-bond donors (Lipinski definition) is 0. The maximum Gasteiger partial charge on any atom is 0.207 e. The molecule has 0 aromatic heterocycles. The minimum absolute atomic E-state index is 0.628. The molecule has 1 radical (unpaired) electrons. The standard InChI is InChI=1S/C5H8FO/c1-5(2,3-6)4-7/h3H2,1-2H3. The number of rotatable bonds is 2. The van der Waals surface area contributed by atoms with Crippen LogP contribution in [0.3, 0.4) is 0 Å². The Balaban J connectivity index is 3.58. The SMILES string of the molecule is CC(C)([C]=O)CF. The molecule has 0 aliphatic rings.